The fraction of sp³-hybridized carbons (Fsp3) is 0.667. The fourth-order valence-corrected chi connectivity index (χ4v) is 0.684. The van der Waals surface area contributed by atoms with Crippen molar-refractivity contribution in [3.63, 3.8) is 0 Å². The molecule has 0 bridgehead atoms. The molecule has 1 N–H and O–H groups in total. The molecule has 0 aliphatic rings. The molecule has 0 rings (SSSR count). The minimum Gasteiger partial charge on any atom is -0.550 e. The van der Waals surface area contributed by atoms with Gasteiger partial charge in [-0.3, -0.25) is 0 Å². The molecule has 0 spiro atoms. The van der Waals surface area contributed by atoms with E-state index in [0.29, 0.717) is 0 Å². The fourth-order valence-electron chi connectivity index (χ4n) is 0.684. The largest absolute Gasteiger partial charge is 1.00 e. The first-order valence-corrected chi connectivity index (χ1v) is 3.11. The predicted octanol–water partition coefficient (Wildman–Crippen LogP) is -12.3. The van der Waals surface area contributed by atoms with Crippen molar-refractivity contribution in [1.82, 2.24) is 0 Å². The number of carboxylic acid groups (broad SMARTS) is 3. The molecular weight excluding hydrogens is 289 g/mol. The molecule has 0 radical (unpaired) electrons. The molecule has 0 aromatic carbocycles. The molecule has 7 nitrogen and oxygen atoms in total. The van der Waals surface area contributed by atoms with Crippen LogP contribution in [0, 0.1) is 0 Å². The molecule has 0 aromatic rings. The van der Waals surface area contributed by atoms with Gasteiger partial charge in [0.15, 0.2) is 0 Å². The Balaban J connectivity index is -0.0000000480. The maximum atomic E-state index is 10.1. The van der Waals surface area contributed by atoms with Gasteiger partial charge in [0.25, 0.3) is 0 Å². The van der Waals surface area contributed by atoms with E-state index in [1.165, 1.54) is 0 Å². The maximum absolute atomic E-state index is 10.1. The van der Waals surface area contributed by atoms with Crippen LogP contribution in [0.4, 0.5) is 0 Å². The first-order chi connectivity index (χ1) is 5.78. The Morgan fingerprint density at radius 2 is 1.00 bits per heavy atom. The molecule has 98 valence electrons. The number of carbonyl (C=O) groups is 3. The standard InChI is InChI=1S/C6H8O7.3CH4.3Na/c7-3(8)1-6(13,5(11)12)2-4(9)10;;;;;;/h13H,1-2H2,(H,7,8)(H,9,10)(H,11,12);3*1H4;;;/q;;;;3*+1/p-3. The van der Waals surface area contributed by atoms with Gasteiger partial charge in [-0.2, -0.15) is 0 Å². The minimum absolute atomic E-state index is 0. The van der Waals surface area contributed by atoms with Gasteiger partial charge in [-0.1, -0.05) is 22.3 Å². The summed E-state index contributed by atoms with van der Waals surface area (Å²) in [7, 11) is 0. The van der Waals surface area contributed by atoms with Crippen molar-refractivity contribution < 1.29 is 123 Å². The van der Waals surface area contributed by atoms with Gasteiger partial charge in [-0.15, -0.1) is 0 Å². The van der Waals surface area contributed by atoms with Crippen molar-refractivity contribution in [3.05, 3.63) is 0 Å². The molecule has 0 saturated carbocycles. The number of rotatable bonds is 5. The van der Waals surface area contributed by atoms with Gasteiger partial charge in [0.1, 0.15) is 5.60 Å². The third-order valence-corrected chi connectivity index (χ3v) is 1.25. The van der Waals surface area contributed by atoms with Crippen LogP contribution in [0.3, 0.4) is 0 Å². The zero-order valence-electron chi connectivity index (χ0n) is 9.31. The average Bonchev–Trinajstić information content (AvgIpc) is 1.82. The maximum Gasteiger partial charge on any atom is 1.00 e. The van der Waals surface area contributed by atoms with E-state index in [-0.39, 0.29) is 111 Å². The van der Waals surface area contributed by atoms with Gasteiger partial charge < -0.3 is 34.8 Å². The number of carbonyl (C=O) groups excluding carboxylic acids is 3. The van der Waals surface area contributed by atoms with Crippen molar-refractivity contribution in [2.45, 2.75) is 40.7 Å². The number of carboxylic acids is 3. The Hall–Kier alpha value is 1.37. The molecule has 0 aliphatic heterocycles. The molecule has 0 fully saturated rings. The molecular formula is C9H17Na3O7. The van der Waals surface area contributed by atoms with Crippen molar-refractivity contribution in [2.75, 3.05) is 0 Å². The van der Waals surface area contributed by atoms with E-state index in [9.17, 15) is 29.7 Å². The zero-order chi connectivity index (χ0) is 10.6. The summed E-state index contributed by atoms with van der Waals surface area (Å²) < 4.78 is 0. The van der Waals surface area contributed by atoms with Crippen LogP contribution >= 0.6 is 0 Å². The van der Waals surface area contributed by atoms with Crippen LogP contribution < -0.4 is 104 Å². The van der Waals surface area contributed by atoms with Crippen molar-refractivity contribution in [3.8, 4) is 0 Å². The van der Waals surface area contributed by atoms with E-state index in [1.807, 2.05) is 0 Å². The topological polar surface area (TPSA) is 141 Å². The molecule has 0 unspecified atom stereocenters. The van der Waals surface area contributed by atoms with E-state index >= 15 is 0 Å². The predicted molar refractivity (Wildman–Crippen MR) is 49.4 cm³/mol. The second kappa shape index (κ2) is 19.4. The van der Waals surface area contributed by atoms with Gasteiger partial charge in [0, 0.05) is 24.8 Å². The summed E-state index contributed by atoms with van der Waals surface area (Å²) in [6.45, 7) is 0. The van der Waals surface area contributed by atoms with Crippen LogP contribution in [0.1, 0.15) is 35.1 Å². The molecule has 19 heavy (non-hydrogen) atoms. The number of aliphatic carboxylic acids is 3. The molecule has 0 aliphatic carbocycles. The molecule has 10 heteroatoms. The van der Waals surface area contributed by atoms with Gasteiger partial charge in [0.05, 0.1) is 5.97 Å². The average molecular weight is 306 g/mol. The Morgan fingerprint density at radius 1 is 0.789 bits per heavy atom. The van der Waals surface area contributed by atoms with Crippen molar-refractivity contribution in [1.29, 1.82) is 0 Å². The summed E-state index contributed by atoms with van der Waals surface area (Å²) >= 11 is 0. The minimum atomic E-state index is -2.97. The SMILES string of the molecule is C.C.C.O=C([O-])CC(O)(CC(=O)[O-])C(=O)[O-].[Na+].[Na+].[Na+]. The van der Waals surface area contributed by atoms with Gasteiger partial charge in [0.2, 0.25) is 0 Å². The summed E-state index contributed by atoms with van der Waals surface area (Å²) in [6.07, 6.45) is -2.72. The summed E-state index contributed by atoms with van der Waals surface area (Å²) in [5.41, 5.74) is -2.97. The van der Waals surface area contributed by atoms with Gasteiger partial charge in [-0.25, -0.2) is 0 Å². The van der Waals surface area contributed by atoms with E-state index in [0.717, 1.165) is 0 Å². The zero-order valence-corrected chi connectivity index (χ0v) is 15.3. The smallest absolute Gasteiger partial charge is 0.550 e. The number of hydrogen-bond donors (Lipinski definition) is 1. The normalized spacial score (nSPS) is 7.42. The van der Waals surface area contributed by atoms with Crippen molar-refractivity contribution in [2.24, 2.45) is 0 Å². The first kappa shape index (κ1) is 42.8. The molecule has 0 aromatic heterocycles. The summed E-state index contributed by atoms with van der Waals surface area (Å²) in [5.74, 6) is -5.98. The summed E-state index contributed by atoms with van der Waals surface area (Å²) in [5, 5.41) is 38.9. The molecule has 0 heterocycles. The van der Waals surface area contributed by atoms with E-state index in [1.54, 1.807) is 0 Å². The Kier molecular flexibility index (Phi) is 43.6. The number of hydrogen-bond acceptors (Lipinski definition) is 7. The Bertz CT molecular complexity index is 242. The van der Waals surface area contributed by atoms with E-state index < -0.39 is 36.4 Å². The summed E-state index contributed by atoms with van der Waals surface area (Å²) in [6, 6.07) is 0. The monoisotopic (exact) mass is 306 g/mol. The second-order valence-electron chi connectivity index (χ2n) is 2.42. The van der Waals surface area contributed by atoms with E-state index in [2.05, 4.69) is 0 Å². The Labute approximate surface area is 180 Å². The van der Waals surface area contributed by atoms with Crippen LogP contribution in [0.2, 0.25) is 0 Å². The van der Waals surface area contributed by atoms with Crippen LogP contribution in [0.15, 0.2) is 0 Å². The van der Waals surface area contributed by atoms with E-state index in [4.69, 9.17) is 5.11 Å². The van der Waals surface area contributed by atoms with Crippen LogP contribution in [0.5, 0.6) is 0 Å². The van der Waals surface area contributed by atoms with Crippen LogP contribution in [-0.2, 0) is 14.4 Å². The van der Waals surface area contributed by atoms with Crippen LogP contribution in [-0.4, -0.2) is 28.6 Å². The van der Waals surface area contributed by atoms with Crippen LogP contribution in [0.25, 0.3) is 0 Å². The first-order valence-electron chi connectivity index (χ1n) is 3.11. The van der Waals surface area contributed by atoms with Gasteiger partial charge >= 0.3 is 88.7 Å². The number of aliphatic hydroxyl groups is 1. The summed E-state index contributed by atoms with van der Waals surface area (Å²) in [4.78, 5) is 30.0. The molecule has 0 saturated heterocycles. The van der Waals surface area contributed by atoms with Crippen molar-refractivity contribution >= 4 is 17.9 Å². The Morgan fingerprint density at radius 3 is 1.11 bits per heavy atom. The molecule has 0 atom stereocenters. The second-order valence-corrected chi connectivity index (χ2v) is 2.42. The van der Waals surface area contributed by atoms with Gasteiger partial charge in [-0.05, 0) is 0 Å². The quantitative estimate of drug-likeness (QED) is 0.497. The molecule has 0 amide bonds. The third-order valence-electron chi connectivity index (χ3n) is 1.25. The third kappa shape index (κ3) is 19.4.